The minimum Gasteiger partial charge on any atom is -0.399 e. The fraction of sp³-hybridized carbons (Fsp3) is 0.500. The Morgan fingerprint density at radius 2 is 2.04 bits per heavy atom. The van der Waals surface area contributed by atoms with Crippen LogP contribution in [-0.4, -0.2) is 38.7 Å². The number of nitrogen functional groups attached to an aromatic ring is 1. The summed E-state index contributed by atoms with van der Waals surface area (Å²) >= 11 is 0. The van der Waals surface area contributed by atoms with Gasteiger partial charge in [-0.25, -0.2) is 9.67 Å². The Bertz CT molecular complexity index is 707. The summed E-state index contributed by atoms with van der Waals surface area (Å²) in [5.74, 6) is 2.38. The number of likely N-dealkylation sites (tertiary alicyclic amines) is 1. The number of anilines is 1. The normalized spacial score (nSPS) is 17.9. The molecule has 128 valence electrons. The van der Waals surface area contributed by atoms with Crippen LogP contribution in [0.1, 0.15) is 30.1 Å². The van der Waals surface area contributed by atoms with Crippen LogP contribution in [0.5, 0.6) is 0 Å². The maximum Gasteiger partial charge on any atom is 0.226 e. The number of rotatable bonds is 4. The molecule has 1 amide bonds. The van der Waals surface area contributed by atoms with E-state index in [0.717, 1.165) is 55.4 Å². The molecule has 6 heteroatoms. The number of benzene rings is 1. The molecule has 1 aromatic heterocycles. The first-order chi connectivity index (χ1) is 11.5. The standard InChI is InChI=1S/C18H25N5O/c1-13-20-14(2)23(21-13)12-16-4-3-9-22(11-16)18(24)10-15-5-7-17(19)8-6-15/h5-8,16H,3-4,9-12,19H2,1-2H3. The Morgan fingerprint density at radius 3 is 2.71 bits per heavy atom. The summed E-state index contributed by atoms with van der Waals surface area (Å²) in [4.78, 5) is 18.9. The van der Waals surface area contributed by atoms with Gasteiger partial charge in [-0.15, -0.1) is 0 Å². The number of amides is 1. The smallest absolute Gasteiger partial charge is 0.226 e. The van der Waals surface area contributed by atoms with Crippen molar-refractivity contribution in [2.24, 2.45) is 5.92 Å². The maximum absolute atomic E-state index is 12.6. The van der Waals surface area contributed by atoms with E-state index in [-0.39, 0.29) is 5.91 Å². The lowest BCUT2D eigenvalue weighted by molar-refractivity contribution is -0.132. The Morgan fingerprint density at radius 1 is 1.29 bits per heavy atom. The lowest BCUT2D eigenvalue weighted by atomic mass is 9.97. The molecule has 1 atom stereocenters. The zero-order valence-electron chi connectivity index (χ0n) is 14.4. The largest absolute Gasteiger partial charge is 0.399 e. The Hall–Kier alpha value is -2.37. The van der Waals surface area contributed by atoms with Crippen molar-refractivity contribution < 1.29 is 4.79 Å². The van der Waals surface area contributed by atoms with E-state index in [1.807, 2.05) is 47.7 Å². The Kier molecular flexibility index (Phi) is 4.83. The number of nitrogens with zero attached hydrogens (tertiary/aromatic N) is 4. The van der Waals surface area contributed by atoms with Crippen molar-refractivity contribution in [2.45, 2.75) is 39.7 Å². The molecule has 0 bridgehead atoms. The predicted octanol–water partition coefficient (Wildman–Crippen LogP) is 1.96. The topological polar surface area (TPSA) is 77.0 Å². The molecule has 6 nitrogen and oxygen atoms in total. The number of aromatic nitrogens is 3. The summed E-state index contributed by atoms with van der Waals surface area (Å²) in [7, 11) is 0. The second-order valence-electron chi connectivity index (χ2n) is 6.65. The Balaban J connectivity index is 1.59. The van der Waals surface area contributed by atoms with Gasteiger partial charge in [0.1, 0.15) is 11.6 Å². The van der Waals surface area contributed by atoms with Gasteiger partial charge in [-0.3, -0.25) is 4.79 Å². The number of nitrogens with two attached hydrogens (primary N) is 1. The van der Waals surface area contributed by atoms with Gasteiger partial charge in [0, 0.05) is 25.3 Å². The fourth-order valence-electron chi connectivity index (χ4n) is 3.34. The van der Waals surface area contributed by atoms with Gasteiger partial charge in [-0.05, 0) is 50.3 Å². The van der Waals surface area contributed by atoms with E-state index < -0.39 is 0 Å². The van der Waals surface area contributed by atoms with Crippen LogP contribution in [0.15, 0.2) is 24.3 Å². The van der Waals surface area contributed by atoms with Crippen LogP contribution in [0, 0.1) is 19.8 Å². The van der Waals surface area contributed by atoms with E-state index in [9.17, 15) is 4.79 Å². The molecular formula is C18H25N5O. The van der Waals surface area contributed by atoms with Crippen molar-refractivity contribution in [3.8, 4) is 0 Å². The summed E-state index contributed by atoms with van der Waals surface area (Å²) in [6.07, 6.45) is 2.61. The van der Waals surface area contributed by atoms with E-state index in [0.29, 0.717) is 12.3 Å². The van der Waals surface area contributed by atoms with Gasteiger partial charge in [0.25, 0.3) is 0 Å². The van der Waals surface area contributed by atoms with E-state index in [1.165, 1.54) is 0 Å². The molecule has 3 rings (SSSR count). The van der Waals surface area contributed by atoms with Gasteiger partial charge >= 0.3 is 0 Å². The van der Waals surface area contributed by atoms with Gasteiger partial charge < -0.3 is 10.6 Å². The lowest BCUT2D eigenvalue weighted by Gasteiger charge is -2.33. The van der Waals surface area contributed by atoms with Crippen LogP contribution >= 0.6 is 0 Å². The number of piperidine rings is 1. The molecule has 0 radical (unpaired) electrons. The molecule has 0 saturated carbocycles. The first-order valence-electron chi connectivity index (χ1n) is 8.51. The first kappa shape index (κ1) is 16.5. The summed E-state index contributed by atoms with van der Waals surface area (Å²) in [6.45, 7) is 6.36. The molecule has 1 aromatic carbocycles. The minimum atomic E-state index is 0.191. The second-order valence-corrected chi connectivity index (χ2v) is 6.65. The van der Waals surface area contributed by atoms with Crippen LogP contribution in [-0.2, 0) is 17.8 Å². The first-order valence-corrected chi connectivity index (χ1v) is 8.51. The number of hydrogen-bond acceptors (Lipinski definition) is 4. The molecule has 2 heterocycles. The van der Waals surface area contributed by atoms with Crippen LogP contribution in [0.2, 0.25) is 0 Å². The second kappa shape index (κ2) is 7.03. The van der Waals surface area contributed by atoms with E-state index in [4.69, 9.17) is 5.73 Å². The molecule has 1 saturated heterocycles. The van der Waals surface area contributed by atoms with Crippen molar-refractivity contribution in [1.29, 1.82) is 0 Å². The SMILES string of the molecule is Cc1nc(C)n(CC2CCCN(C(=O)Cc3ccc(N)cc3)C2)n1. The average molecular weight is 327 g/mol. The highest BCUT2D eigenvalue weighted by Crippen LogP contribution is 2.20. The number of hydrogen-bond donors (Lipinski definition) is 1. The van der Waals surface area contributed by atoms with Crippen molar-refractivity contribution in [2.75, 3.05) is 18.8 Å². The molecule has 0 spiro atoms. The van der Waals surface area contributed by atoms with Crippen LogP contribution in [0.4, 0.5) is 5.69 Å². The van der Waals surface area contributed by atoms with Gasteiger partial charge in [-0.1, -0.05) is 12.1 Å². The highest BCUT2D eigenvalue weighted by Gasteiger charge is 2.24. The number of carbonyl (C=O) groups is 1. The molecule has 1 aliphatic rings. The molecule has 24 heavy (non-hydrogen) atoms. The summed E-state index contributed by atoms with van der Waals surface area (Å²) in [5.41, 5.74) is 7.43. The third-order valence-electron chi connectivity index (χ3n) is 4.60. The van der Waals surface area contributed by atoms with Crippen molar-refractivity contribution in [1.82, 2.24) is 19.7 Å². The van der Waals surface area contributed by atoms with E-state index in [1.54, 1.807) is 0 Å². The summed E-state index contributed by atoms with van der Waals surface area (Å²) in [6, 6.07) is 7.54. The summed E-state index contributed by atoms with van der Waals surface area (Å²) < 4.78 is 1.97. The number of carbonyl (C=O) groups excluding carboxylic acids is 1. The predicted molar refractivity (Wildman–Crippen MR) is 93.4 cm³/mol. The molecule has 2 N–H and O–H groups in total. The summed E-state index contributed by atoms with van der Waals surface area (Å²) in [5, 5.41) is 4.44. The van der Waals surface area contributed by atoms with Crippen LogP contribution in [0.3, 0.4) is 0 Å². The zero-order chi connectivity index (χ0) is 17.1. The molecular weight excluding hydrogens is 302 g/mol. The monoisotopic (exact) mass is 327 g/mol. The maximum atomic E-state index is 12.6. The molecule has 2 aromatic rings. The third kappa shape index (κ3) is 3.93. The fourth-order valence-corrected chi connectivity index (χ4v) is 3.34. The molecule has 1 aliphatic heterocycles. The van der Waals surface area contributed by atoms with Crippen molar-refractivity contribution in [3.05, 3.63) is 41.5 Å². The average Bonchev–Trinajstić information content (AvgIpc) is 2.87. The number of aryl methyl sites for hydroxylation is 2. The van der Waals surface area contributed by atoms with Crippen LogP contribution < -0.4 is 5.73 Å². The van der Waals surface area contributed by atoms with Gasteiger partial charge in [0.05, 0.1) is 6.42 Å². The zero-order valence-corrected chi connectivity index (χ0v) is 14.4. The van der Waals surface area contributed by atoms with Gasteiger partial charge in [-0.2, -0.15) is 5.10 Å². The van der Waals surface area contributed by atoms with Gasteiger partial charge in [0.2, 0.25) is 5.91 Å². The molecule has 1 fully saturated rings. The quantitative estimate of drug-likeness (QED) is 0.871. The molecule has 0 aliphatic carbocycles. The highest BCUT2D eigenvalue weighted by atomic mass is 16.2. The van der Waals surface area contributed by atoms with E-state index >= 15 is 0 Å². The van der Waals surface area contributed by atoms with E-state index in [2.05, 4.69) is 10.1 Å². The minimum absolute atomic E-state index is 0.191. The Labute approximate surface area is 142 Å². The van der Waals surface area contributed by atoms with Gasteiger partial charge in [0.15, 0.2) is 0 Å². The van der Waals surface area contributed by atoms with Crippen molar-refractivity contribution in [3.63, 3.8) is 0 Å². The highest BCUT2D eigenvalue weighted by molar-refractivity contribution is 5.79. The van der Waals surface area contributed by atoms with Crippen molar-refractivity contribution >= 4 is 11.6 Å². The third-order valence-corrected chi connectivity index (χ3v) is 4.60. The lowest BCUT2D eigenvalue weighted by Crippen LogP contribution is -2.42. The van der Waals surface area contributed by atoms with Crippen LogP contribution in [0.25, 0.3) is 0 Å². The molecule has 1 unspecified atom stereocenters.